The van der Waals surface area contributed by atoms with Gasteiger partial charge in [0.05, 0.1) is 18.6 Å². The molecule has 0 bridgehead atoms. The zero-order valence-electron chi connectivity index (χ0n) is 37.1. The van der Waals surface area contributed by atoms with Gasteiger partial charge in [0, 0.05) is 32.4 Å². The van der Waals surface area contributed by atoms with Gasteiger partial charge in [-0.2, -0.15) is 0 Å². The molecule has 18 nitrogen and oxygen atoms in total. The van der Waals surface area contributed by atoms with Crippen LogP contribution in [0.4, 0.5) is 4.79 Å². The number of H-pyrrole nitrogens is 1. The molecule has 18 heteroatoms. The highest BCUT2D eigenvalue weighted by Crippen LogP contribution is 2.26. The maximum absolute atomic E-state index is 14.6. The number of amides is 6. The second-order valence-electron chi connectivity index (χ2n) is 17.1. The first kappa shape index (κ1) is 47.8. The van der Waals surface area contributed by atoms with Crippen LogP contribution in [0, 0.1) is 11.8 Å². The van der Waals surface area contributed by atoms with E-state index in [1.165, 1.54) is 4.90 Å². The third-order valence-corrected chi connectivity index (χ3v) is 11.5. The Balaban J connectivity index is 1.30. The summed E-state index contributed by atoms with van der Waals surface area (Å²) in [7, 11) is 0. The summed E-state index contributed by atoms with van der Waals surface area (Å²) in [6, 6.07) is 12.0. The average Bonchev–Trinajstić information content (AvgIpc) is 3.96. The molecule has 0 radical (unpaired) electrons. The number of carbonyl (C=O) groups excluding carboxylic acids is 7. The van der Waals surface area contributed by atoms with Crippen LogP contribution in [0.5, 0.6) is 0 Å². The van der Waals surface area contributed by atoms with Crippen molar-refractivity contribution < 1.29 is 38.3 Å². The highest BCUT2D eigenvalue weighted by molar-refractivity contribution is 6.38. The number of aromatic nitrogens is 4. The van der Waals surface area contributed by atoms with Crippen LogP contribution in [0.25, 0.3) is 0 Å². The normalized spacial score (nSPS) is 17.8. The number of nitrogens with one attached hydrogen (secondary N) is 5. The van der Waals surface area contributed by atoms with Crippen molar-refractivity contribution in [2.75, 3.05) is 13.1 Å². The molecule has 2 aliphatic heterocycles. The van der Waals surface area contributed by atoms with Crippen LogP contribution in [0.2, 0.25) is 0 Å². The summed E-state index contributed by atoms with van der Waals surface area (Å²) in [4.78, 5) is 99.2. The molecule has 1 aromatic heterocycles. The molecular formula is C45H62N10O8. The van der Waals surface area contributed by atoms with Crippen molar-refractivity contribution in [3.8, 4) is 0 Å². The maximum Gasteiger partial charge on any atom is 0.410 e. The Morgan fingerprint density at radius 1 is 0.841 bits per heavy atom. The first-order valence-corrected chi connectivity index (χ1v) is 22.0. The summed E-state index contributed by atoms with van der Waals surface area (Å²) < 4.78 is 5.98. The number of aromatic amines is 1. The van der Waals surface area contributed by atoms with Crippen molar-refractivity contribution in [3.63, 3.8) is 0 Å². The number of tetrazole rings is 1. The number of nitrogens with zero attached hydrogens (tertiary/aromatic N) is 5. The second kappa shape index (κ2) is 22.8. The first-order chi connectivity index (χ1) is 30.2. The standard InChI is InChI=1S/C45H62N10O8/c1-7-15-34(40(57)43(60)46-29(6)30-16-9-8-10-17-30)47-41(58)35-24-33(63-45(62)54-23-22-31-18-11-12-19-32(31)25-54)26-55(35)44(61)39(28(4)5)49-42(59)38(27(2)3)48-37(56)21-14-13-20-36-50-52-53-51-36/h8-12,16-19,27-29,33-35,38-39H,7,13-15,20-26H2,1-6H3,(H,46,60)(H,47,58)(H,48,56)(H,49,59)(H,50,51,52,53)/t29-,33+,34?,35-,38-,39-/m0/s1. The van der Waals surface area contributed by atoms with Crippen molar-refractivity contribution in [2.24, 2.45) is 11.8 Å². The Hall–Kier alpha value is -6.20. The van der Waals surface area contributed by atoms with Gasteiger partial charge in [0.25, 0.3) is 5.91 Å². The smallest absolute Gasteiger partial charge is 0.410 e. The van der Waals surface area contributed by atoms with E-state index in [1.54, 1.807) is 39.5 Å². The van der Waals surface area contributed by atoms with E-state index >= 15 is 0 Å². The van der Waals surface area contributed by atoms with Crippen LogP contribution < -0.4 is 21.3 Å². The number of hydrogen-bond acceptors (Lipinski definition) is 11. The molecule has 1 fully saturated rings. The molecule has 2 aliphatic rings. The van der Waals surface area contributed by atoms with Crippen molar-refractivity contribution >= 4 is 41.4 Å². The van der Waals surface area contributed by atoms with Gasteiger partial charge in [0.15, 0.2) is 0 Å². The van der Waals surface area contributed by atoms with Crippen LogP contribution in [0.1, 0.15) is 109 Å². The minimum absolute atomic E-state index is 0.0889. The van der Waals surface area contributed by atoms with Crippen LogP contribution in [0.3, 0.4) is 0 Å². The molecule has 3 heterocycles. The molecule has 0 aliphatic carbocycles. The van der Waals surface area contributed by atoms with Gasteiger partial charge in [-0.3, -0.25) is 28.8 Å². The fraction of sp³-hybridized carbons (Fsp3) is 0.556. The van der Waals surface area contributed by atoms with Gasteiger partial charge in [-0.15, -0.1) is 5.10 Å². The van der Waals surface area contributed by atoms with E-state index in [4.69, 9.17) is 4.74 Å². The lowest BCUT2D eigenvalue weighted by atomic mass is 9.98. The molecule has 2 aromatic carbocycles. The number of fused-ring (bicyclic) bond motifs is 1. The minimum atomic E-state index is -1.22. The van der Waals surface area contributed by atoms with Gasteiger partial charge in [0.2, 0.25) is 29.4 Å². The number of rotatable bonds is 20. The van der Waals surface area contributed by atoms with E-state index in [-0.39, 0.29) is 37.6 Å². The maximum atomic E-state index is 14.6. The number of likely N-dealkylation sites (tertiary alicyclic amines) is 1. The van der Waals surface area contributed by atoms with Crippen LogP contribution in [-0.4, -0.2) is 115 Å². The van der Waals surface area contributed by atoms with Gasteiger partial charge in [0.1, 0.15) is 30.1 Å². The highest BCUT2D eigenvalue weighted by Gasteiger charge is 2.46. The molecule has 63 heavy (non-hydrogen) atoms. The predicted octanol–water partition coefficient (Wildman–Crippen LogP) is 3.09. The number of ketones is 1. The molecule has 1 unspecified atom stereocenters. The van der Waals surface area contributed by atoms with Gasteiger partial charge in [-0.05, 0) is 71.6 Å². The van der Waals surface area contributed by atoms with Crippen LogP contribution in [-0.2, 0) is 52.9 Å². The van der Waals surface area contributed by atoms with Crippen molar-refractivity contribution in [1.82, 2.24) is 51.7 Å². The Bertz CT molecular complexity index is 2050. The summed E-state index contributed by atoms with van der Waals surface area (Å²) >= 11 is 0. The number of Topliss-reactive ketones (excluding diaryl/α,β-unsaturated/α-hetero) is 1. The molecule has 6 amide bonds. The summed E-state index contributed by atoms with van der Waals surface area (Å²) in [6.07, 6.45) is 1.57. The molecule has 1 saturated heterocycles. The molecular weight excluding hydrogens is 809 g/mol. The molecule has 0 spiro atoms. The Kier molecular flexibility index (Phi) is 17.3. The largest absolute Gasteiger partial charge is 0.444 e. The van der Waals surface area contributed by atoms with Gasteiger partial charge < -0.3 is 35.8 Å². The van der Waals surface area contributed by atoms with Crippen molar-refractivity contribution in [3.05, 3.63) is 77.1 Å². The summed E-state index contributed by atoms with van der Waals surface area (Å²) in [6.45, 7) is 11.2. The number of ether oxygens (including phenoxy) is 1. The number of unbranched alkanes of at least 4 members (excludes halogenated alkanes) is 1. The lowest BCUT2D eigenvalue weighted by Crippen LogP contribution is -2.59. The lowest BCUT2D eigenvalue weighted by Gasteiger charge is -2.32. The zero-order valence-corrected chi connectivity index (χ0v) is 37.1. The molecule has 5 N–H and O–H groups in total. The topological polar surface area (TPSA) is 238 Å². The Labute approximate surface area is 368 Å². The average molecular weight is 871 g/mol. The Morgan fingerprint density at radius 3 is 2.21 bits per heavy atom. The van der Waals surface area contributed by atoms with Crippen LogP contribution in [0.15, 0.2) is 54.6 Å². The van der Waals surface area contributed by atoms with Crippen LogP contribution >= 0.6 is 0 Å². The highest BCUT2D eigenvalue weighted by atomic mass is 16.6. The number of hydrogen-bond donors (Lipinski definition) is 5. The monoisotopic (exact) mass is 870 g/mol. The van der Waals surface area contributed by atoms with Crippen molar-refractivity contribution in [2.45, 2.75) is 136 Å². The second-order valence-corrected chi connectivity index (χ2v) is 17.1. The third kappa shape index (κ3) is 13.2. The zero-order chi connectivity index (χ0) is 45.6. The SMILES string of the molecule is CCCC(NC(=O)[C@@H]1C[C@@H](OC(=O)N2CCc3ccccc3C2)CN1C(=O)[C@@H](NC(=O)[C@@H](NC(=O)CCCCc1nnn[nH]1)C(C)C)C(C)C)C(=O)C(=O)N[C@@H](C)c1ccccc1. The molecule has 5 rings (SSSR count). The van der Waals surface area contributed by atoms with E-state index in [0.29, 0.717) is 51.0 Å². The van der Waals surface area contributed by atoms with E-state index in [9.17, 15) is 33.6 Å². The van der Waals surface area contributed by atoms with Gasteiger partial charge >= 0.3 is 6.09 Å². The minimum Gasteiger partial charge on any atom is -0.444 e. The fourth-order valence-corrected chi connectivity index (χ4v) is 7.90. The number of carbonyl (C=O) groups is 7. The number of aryl methyl sites for hydroxylation is 1. The number of benzene rings is 2. The molecule has 6 atom stereocenters. The predicted molar refractivity (Wildman–Crippen MR) is 231 cm³/mol. The molecule has 3 aromatic rings. The van der Waals surface area contributed by atoms with Gasteiger partial charge in [-0.25, -0.2) is 9.89 Å². The molecule has 0 saturated carbocycles. The van der Waals surface area contributed by atoms with E-state index < -0.39 is 77.7 Å². The third-order valence-electron chi connectivity index (χ3n) is 11.5. The lowest BCUT2D eigenvalue weighted by molar-refractivity contribution is -0.144. The summed E-state index contributed by atoms with van der Waals surface area (Å²) in [5, 5.41) is 24.7. The van der Waals surface area contributed by atoms with Crippen molar-refractivity contribution in [1.29, 1.82) is 0 Å². The summed E-state index contributed by atoms with van der Waals surface area (Å²) in [5.41, 5.74) is 2.95. The fourth-order valence-electron chi connectivity index (χ4n) is 7.90. The quantitative estimate of drug-likeness (QED) is 0.0817. The first-order valence-electron chi connectivity index (χ1n) is 22.0. The Morgan fingerprint density at radius 2 is 1.54 bits per heavy atom. The van der Waals surface area contributed by atoms with E-state index in [0.717, 1.165) is 16.7 Å². The summed E-state index contributed by atoms with van der Waals surface area (Å²) in [5.74, 6) is -4.11. The van der Waals surface area contributed by atoms with Gasteiger partial charge in [-0.1, -0.05) is 95.6 Å². The van der Waals surface area contributed by atoms with E-state index in [2.05, 4.69) is 41.9 Å². The van der Waals surface area contributed by atoms with E-state index in [1.807, 2.05) is 61.5 Å². The molecule has 340 valence electrons.